The van der Waals surface area contributed by atoms with Crippen LogP contribution in [0.3, 0.4) is 0 Å². The van der Waals surface area contributed by atoms with Gasteiger partial charge in [0.2, 0.25) is 0 Å². The highest BCUT2D eigenvalue weighted by atomic mass is 35.5. The van der Waals surface area contributed by atoms with Crippen LogP contribution in [0, 0.1) is 13.8 Å². The molecule has 0 saturated heterocycles. The van der Waals surface area contributed by atoms with E-state index in [2.05, 4.69) is 4.57 Å². The fraction of sp³-hybridized carbons (Fsp3) is 0.176. The van der Waals surface area contributed by atoms with Gasteiger partial charge >= 0.3 is 5.63 Å². The summed E-state index contributed by atoms with van der Waals surface area (Å²) in [6.45, 7) is 4.53. The average Bonchev–Trinajstić information content (AvgIpc) is 2.43. The molecule has 0 aliphatic carbocycles. The zero-order valence-electron chi connectivity index (χ0n) is 11.9. The molecule has 0 radical (unpaired) electrons. The Morgan fingerprint density at radius 3 is 2.76 bits per heavy atom. The summed E-state index contributed by atoms with van der Waals surface area (Å²) in [6, 6.07) is 11.2. The maximum atomic E-state index is 11.8. The van der Waals surface area contributed by atoms with Gasteiger partial charge < -0.3 is 4.42 Å². The molecule has 3 aromatic rings. The molecule has 0 aliphatic rings. The van der Waals surface area contributed by atoms with Crippen molar-refractivity contribution in [2.45, 2.75) is 20.4 Å². The zero-order valence-corrected chi connectivity index (χ0v) is 12.6. The highest BCUT2D eigenvalue weighted by Crippen LogP contribution is 2.25. The van der Waals surface area contributed by atoms with Crippen molar-refractivity contribution >= 4 is 22.6 Å². The van der Waals surface area contributed by atoms with E-state index in [4.69, 9.17) is 16.0 Å². The first kappa shape index (κ1) is 13.8. The fourth-order valence-electron chi connectivity index (χ4n) is 2.40. The number of benzene rings is 1. The molecule has 0 unspecified atom stereocenters. The number of fused-ring (bicyclic) bond motifs is 1. The first-order valence-corrected chi connectivity index (χ1v) is 7.10. The van der Waals surface area contributed by atoms with E-state index in [1.54, 1.807) is 0 Å². The lowest BCUT2D eigenvalue weighted by Crippen LogP contribution is -2.37. The van der Waals surface area contributed by atoms with Crippen molar-refractivity contribution in [2.75, 3.05) is 0 Å². The number of aromatic nitrogens is 1. The van der Waals surface area contributed by atoms with Crippen molar-refractivity contribution in [3.05, 3.63) is 74.9 Å². The minimum atomic E-state index is -0.339. The van der Waals surface area contributed by atoms with Gasteiger partial charge in [0.15, 0.2) is 18.4 Å². The zero-order chi connectivity index (χ0) is 15.0. The summed E-state index contributed by atoms with van der Waals surface area (Å²) in [7, 11) is 0. The molecule has 0 N–H and O–H groups in total. The van der Waals surface area contributed by atoms with Gasteiger partial charge in [-0.15, -0.1) is 0 Å². The summed E-state index contributed by atoms with van der Waals surface area (Å²) in [5.41, 5.74) is 3.16. The van der Waals surface area contributed by atoms with Crippen LogP contribution >= 0.6 is 11.6 Å². The number of nitrogens with zero attached hydrogens (tertiary/aromatic N) is 1. The third kappa shape index (κ3) is 2.69. The highest BCUT2D eigenvalue weighted by molar-refractivity contribution is 6.32. The molecule has 3 rings (SSSR count). The van der Waals surface area contributed by atoms with Gasteiger partial charge in [0.25, 0.3) is 0 Å². The summed E-state index contributed by atoms with van der Waals surface area (Å²) in [5, 5.41) is 1.55. The molecule has 3 nitrogen and oxygen atoms in total. The minimum absolute atomic E-state index is 0.339. The second-order valence-corrected chi connectivity index (χ2v) is 5.57. The fourth-order valence-corrected chi connectivity index (χ4v) is 2.57. The predicted octanol–water partition coefficient (Wildman–Crippen LogP) is 3.40. The minimum Gasteiger partial charge on any atom is -0.423 e. The van der Waals surface area contributed by atoms with Gasteiger partial charge in [-0.2, -0.15) is 4.57 Å². The first-order valence-electron chi connectivity index (χ1n) is 6.72. The summed E-state index contributed by atoms with van der Waals surface area (Å²) in [6.07, 6.45) is 1.99. The van der Waals surface area contributed by atoms with E-state index in [1.807, 2.05) is 50.4 Å². The highest BCUT2D eigenvalue weighted by Gasteiger charge is 2.13. The van der Waals surface area contributed by atoms with Crippen LogP contribution in [-0.4, -0.2) is 0 Å². The van der Waals surface area contributed by atoms with E-state index in [-0.39, 0.29) is 5.63 Å². The lowest BCUT2D eigenvalue weighted by Gasteiger charge is -2.06. The first-order chi connectivity index (χ1) is 10.0. The third-order valence-electron chi connectivity index (χ3n) is 3.62. The number of hydrogen-bond donors (Lipinski definition) is 0. The van der Waals surface area contributed by atoms with E-state index in [9.17, 15) is 4.79 Å². The SMILES string of the molecule is Cc1cc2oc(=O)cc(C[n+]3ccccc3C)c2cc1Cl. The van der Waals surface area contributed by atoms with Crippen molar-refractivity contribution < 1.29 is 8.98 Å². The monoisotopic (exact) mass is 300 g/mol. The van der Waals surface area contributed by atoms with Gasteiger partial charge in [-0.25, -0.2) is 4.79 Å². The van der Waals surface area contributed by atoms with Crippen molar-refractivity contribution in [1.82, 2.24) is 0 Å². The van der Waals surface area contributed by atoms with E-state index < -0.39 is 0 Å². The van der Waals surface area contributed by atoms with Crippen molar-refractivity contribution in [3.8, 4) is 0 Å². The van der Waals surface area contributed by atoms with Crippen LogP contribution in [0.4, 0.5) is 0 Å². The molecule has 2 heterocycles. The Morgan fingerprint density at radius 2 is 2.00 bits per heavy atom. The lowest BCUT2D eigenvalue weighted by molar-refractivity contribution is -0.694. The Hall–Kier alpha value is -2.13. The molecule has 2 aromatic heterocycles. The summed E-state index contributed by atoms with van der Waals surface area (Å²) >= 11 is 6.21. The Bertz CT molecular complexity index is 884. The van der Waals surface area contributed by atoms with Gasteiger partial charge in [-0.1, -0.05) is 17.7 Å². The Balaban J connectivity index is 2.20. The van der Waals surface area contributed by atoms with Gasteiger partial charge in [0.05, 0.1) is 0 Å². The largest absolute Gasteiger partial charge is 0.423 e. The van der Waals surface area contributed by atoms with Gasteiger partial charge in [0, 0.05) is 41.1 Å². The molecular weight excluding hydrogens is 286 g/mol. The maximum absolute atomic E-state index is 11.8. The molecule has 106 valence electrons. The molecule has 0 bridgehead atoms. The second kappa shape index (κ2) is 5.34. The Kier molecular flexibility index (Phi) is 3.52. The Labute approximate surface area is 127 Å². The topological polar surface area (TPSA) is 34.1 Å². The van der Waals surface area contributed by atoms with Crippen LogP contribution in [0.25, 0.3) is 11.0 Å². The number of rotatable bonds is 2. The van der Waals surface area contributed by atoms with E-state index in [1.165, 1.54) is 6.07 Å². The summed E-state index contributed by atoms with van der Waals surface area (Å²) in [5.74, 6) is 0. The van der Waals surface area contributed by atoms with Crippen LogP contribution in [0.5, 0.6) is 0 Å². The van der Waals surface area contributed by atoms with Crippen LogP contribution < -0.4 is 10.2 Å². The number of halogens is 1. The molecule has 0 saturated carbocycles. The van der Waals surface area contributed by atoms with Crippen LogP contribution in [0.15, 0.2) is 51.8 Å². The molecule has 0 fully saturated rings. The normalized spacial score (nSPS) is 11.0. The quantitative estimate of drug-likeness (QED) is 0.537. The van der Waals surface area contributed by atoms with E-state index in [0.29, 0.717) is 17.2 Å². The molecule has 0 amide bonds. The molecule has 21 heavy (non-hydrogen) atoms. The average molecular weight is 301 g/mol. The number of pyridine rings is 1. The standard InChI is InChI=1S/C17H15ClNO2/c1-11-7-16-14(9-15(11)18)13(8-17(20)21-16)10-19-6-4-3-5-12(19)2/h3-9H,10H2,1-2H3/q+1. The van der Waals surface area contributed by atoms with E-state index >= 15 is 0 Å². The molecule has 0 atom stereocenters. The van der Waals surface area contributed by atoms with Gasteiger partial charge in [-0.05, 0) is 24.6 Å². The van der Waals surface area contributed by atoms with Crippen LogP contribution in [-0.2, 0) is 6.54 Å². The molecular formula is C17H15ClNO2+. The van der Waals surface area contributed by atoms with E-state index in [0.717, 1.165) is 22.2 Å². The smallest absolute Gasteiger partial charge is 0.336 e. The number of hydrogen-bond acceptors (Lipinski definition) is 2. The summed E-state index contributed by atoms with van der Waals surface area (Å²) < 4.78 is 7.37. The maximum Gasteiger partial charge on any atom is 0.336 e. The van der Waals surface area contributed by atoms with Crippen molar-refractivity contribution in [3.63, 3.8) is 0 Å². The second-order valence-electron chi connectivity index (χ2n) is 5.16. The third-order valence-corrected chi connectivity index (χ3v) is 4.02. The Morgan fingerprint density at radius 1 is 1.19 bits per heavy atom. The van der Waals surface area contributed by atoms with Crippen molar-refractivity contribution in [2.24, 2.45) is 0 Å². The molecule has 0 spiro atoms. The van der Waals surface area contributed by atoms with Crippen LogP contribution in [0.2, 0.25) is 5.02 Å². The van der Waals surface area contributed by atoms with Crippen LogP contribution in [0.1, 0.15) is 16.8 Å². The summed E-state index contributed by atoms with van der Waals surface area (Å²) in [4.78, 5) is 11.8. The molecule has 0 aliphatic heterocycles. The lowest BCUT2D eigenvalue weighted by atomic mass is 10.1. The molecule has 4 heteroatoms. The molecule has 1 aromatic carbocycles. The van der Waals surface area contributed by atoms with Gasteiger partial charge in [-0.3, -0.25) is 0 Å². The van der Waals surface area contributed by atoms with Gasteiger partial charge in [0.1, 0.15) is 5.58 Å². The predicted molar refractivity (Wildman–Crippen MR) is 82.7 cm³/mol. The van der Waals surface area contributed by atoms with Crippen molar-refractivity contribution in [1.29, 1.82) is 0 Å². The number of aryl methyl sites for hydroxylation is 2.